The number of fused-ring (bicyclic) bond motifs is 1. The lowest BCUT2D eigenvalue weighted by Crippen LogP contribution is -2.29. The van der Waals surface area contributed by atoms with Gasteiger partial charge in [0.1, 0.15) is 11.3 Å². The van der Waals surface area contributed by atoms with E-state index in [0.717, 1.165) is 12.8 Å². The number of aromatic nitrogens is 1. The third kappa shape index (κ3) is 2.54. The second-order valence-corrected chi connectivity index (χ2v) is 8.20. The molecule has 1 aromatic heterocycles. The number of nitrogens with zero attached hydrogens (tertiary/aromatic N) is 2. The maximum atomic E-state index is 15.7. The molecule has 148 valence electrons. The zero-order chi connectivity index (χ0) is 19.7. The first kappa shape index (κ1) is 17.6. The second kappa shape index (κ2) is 6.01. The lowest BCUT2D eigenvalue weighted by molar-refractivity contribution is 0.0694. The molecule has 28 heavy (non-hydrogen) atoms. The van der Waals surface area contributed by atoms with E-state index in [1.807, 2.05) is 0 Å². The van der Waals surface area contributed by atoms with E-state index in [4.69, 9.17) is 5.73 Å². The van der Waals surface area contributed by atoms with Crippen molar-refractivity contribution in [3.8, 4) is 0 Å². The van der Waals surface area contributed by atoms with Gasteiger partial charge in [0.05, 0.1) is 10.9 Å². The van der Waals surface area contributed by atoms with Crippen LogP contribution in [0.1, 0.15) is 60.0 Å². The van der Waals surface area contributed by atoms with Gasteiger partial charge in [0, 0.05) is 36.9 Å². The van der Waals surface area contributed by atoms with Crippen LogP contribution in [-0.2, 0) is 0 Å². The molecule has 0 radical (unpaired) electrons. The van der Waals surface area contributed by atoms with Crippen molar-refractivity contribution in [2.75, 3.05) is 18.0 Å². The molecule has 5 rings (SSSR count). The molecule has 0 spiro atoms. The predicted molar refractivity (Wildman–Crippen MR) is 100 cm³/mol. The van der Waals surface area contributed by atoms with Crippen LogP contribution in [0.25, 0.3) is 10.9 Å². The van der Waals surface area contributed by atoms with E-state index in [0.29, 0.717) is 32.4 Å². The van der Waals surface area contributed by atoms with Gasteiger partial charge in [0.25, 0.3) is 0 Å². The molecule has 1 saturated heterocycles. The number of hydrogen-bond acceptors (Lipinski definition) is 4. The van der Waals surface area contributed by atoms with E-state index in [2.05, 4.69) is 0 Å². The fourth-order valence-corrected chi connectivity index (χ4v) is 4.37. The van der Waals surface area contributed by atoms with Crippen molar-refractivity contribution in [2.45, 2.75) is 50.1 Å². The van der Waals surface area contributed by atoms with Crippen molar-refractivity contribution in [3.05, 3.63) is 39.2 Å². The van der Waals surface area contributed by atoms with Gasteiger partial charge in [-0.3, -0.25) is 4.79 Å². The van der Waals surface area contributed by atoms with E-state index < -0.39 is 28.6 Å². The van der Waals surface area contributed by atoms with Crippen LogP contribution in [0.15, 0.2) is 11.0 Å². The summed E-state index contributed by atoms with van der Waals surface area (Å²) in [6.45, 7) is 0.801. The number of anilines is 1. The summed E-state index contributed by atoms with van der Waals surface area (Å²) in [6.07, 6.45) is 4.82. The van der Waals surface area contributed by atoms with Crippen LogP contribution in [0.4, 0.5) is 14.5 Å². The Bertz CT molecular complexity index is 1070. The fraction of sp³-hybridized carbons (Fsp3) is 0.500. The molecule has 3 N–H and O–H groups in total. The highest BCUT2D eigenvalue weighted by Crippen LogP contribution is 2.48. The van der Waals surface area contributed by atoms with Crippen LogP contribution in [-0.4, -0.2) is 34.8 Å². The van der Waals surface area contributed by atoms with Crippen LogP contribution in [0, 0.1) is 11.6 Å². The third-order valence-electron chi connectivity index (χ3n) is 6.06. The molecule has 2 heterocycles. The minimum Gasteiger partial charge on any atom is -0.477 e. The van der Waals surface area contributed by atoms with Gasteiger partial charge in [-0.15, -0.1) is 0 Å². The standard InChI is InChI=1S/C20H21F2N3O3/c21-15-13(9-1-2-9)14-17(16(22)18(15)24-6-5-10(23)7-24)25(11-3-4-11)8-12(19(14)26)20(27)28/h8-11H,1-7,23H2,(H,27,28). The monoisotopic (exact) mass is 389 g/mol. The second-order valence-electron chi connectivity index (χ2n) is 8.20. The predicted octanol–water partition coefficient (Wildman–Crippen LogP) is 2.73. The molecule has 2 saturated carbocycles. The van der Waals surface area contributed by atoms with Gasteiger partial charge in [-0.25, -0.2) is 13.6 Å². The van der Waals surface area contributed by atoms with Gasteiger partial charge in [0.15, 0.2) is 11.6 Å². The van der Waals surface area contributed by atoms with E-state index in [9.17, 15) is 14.7 Å². The topological polar surface area (TPSA) is 88.6 Å². The minimum absolute atomic E-state index is 0.0382. The van der Waals surface area contributed by atoms with Crippen LogP contribution in [0.2, 0.25) is 0 Å². The van der Waals surface area contributed by atoms with E-state index in [1.165, 1.54) is 6.20 Å². The number of nitrogens with two attached hydrogens (primary N) is 1. The lowest BCUT2D eigenvalue weighted by Gasteiger charge is -2.24. The smallest absolute Gasteiger partial charge is 0.341 e. The highest BCUT2D eigenvalue weighted by atomic mass is 19.1. The largest absolute Gasteiger partial charge is 0.477 e. The highest BCUT2D eigenvalue weighted by molar-refractivity contribution is 5.96. The molecule has 1 unspecified atom stereocenters. The van der Waals surface area contributed by atoms with Crippen LogP contribution < -0.4 is 16.1 Å². The lowest BCUT2D eigenvalue weighted by atomic mass is 9.98. The van der Waals surface area contributed by atoms with Crippen LogP contribution in [0.3, 0.4) is 0 Å². The first-order valence-electron chi connectivity index (χ1n) is 9.72. The molecule has 0 amide bonds. The molecule has 3 fully saturated rings. The molecule has 8 heteroatoms. The summed E-state index contributed by atoms with van der Waals surface area (Å²) in [5.74, 6) is -3.07. The van der Waals surface area contributed by atoms with Crippen molar-refractivity contribution in [1.82, 2.24) is 4.57 Å². The highest BCUT2D eigenvalue weighted by Gasteiger charge is 2.38. The molecule has 2 aliphatic carbocycles. The first-order chi connectivity index (χ1) is 13.4. The van der Waals surface area contributed by atoms with Gasteiger partial charge < -0.3 is 20.3 Å². The maximum Gasteiger partial charge on any atom is 0.341 e. The number of carbonyl (C=O) groups is 1. The Hall–Kier alpha value is -2.48. The number of pyridine rings is 1. The Balaban J connectivity index is 1.90. The first-order valence-corrected chi connectivity index (χ1v) is 9.72. The summed E-state index contributed by atoms with van der Waals surface area (Å²) in [5, 5.41) is 9.37. The average molecular weight is 389 g/mol. The molecule has 1 aliphatic heterocycles. The SMILES string of the molecule is NC1CCN(c2c(F)c(C3CC3)c3c(=O)c(C(=O)O)cn(C4CC4)c3c2F)C1. The van der Waals surface area contributed by atoms with Crippen molar-refractivity contribution >= 4 is 22.6 Å². The summed E-state index contributed by atoms with van der Waals surface area (Å²) in [6, 6.07) is -0.221. The van der Waals surface area contributed by atoms with Crippen molar-refractivity contribution < 1.29 is 18.7 Å². The summed E-state index contributed by atoms with van der Waals surface area (Å²) in [4.78, 5) is 26.2. The summed E-state index contributed by atoms with van der Waals surface area (Å²) in [7, 11) is 0. The summed E-state index contributed by atoms with van der Waals surface area (Å²) < 4.78 is 32.8. The number of benzene rings is 1. The molecular formula is C20H21F2N3O3. The zero-order valence-corrected chi connectivity index (χ0v) is 15.3. The van der Waals surface area contributed by atoms with Crippen molar-refractivity contribution in [3.63, 3.8) is 0 Å². The van der Waals surface area contributed by atoms with Gasteiger partial charge in [-0.05, 0) is 38.0 Å². The Morgan fingerprint density at radius 2 is 1.86 bits per heavy atom. The van der Waals surface area contributed by atoms with Crippen molar-refractivity contribution in [1.29, 1.82) is 0 Å². The molecule has 0 bridgehead atoms. The molecule has 1 atom stereocenters. The third-order valence-corrected chi connectivity index (χ3v) is 6.06. The van der Waals surface area contributed by atoms with Crippen LogP contribution >= 0.6 is 0 Å². The Morgan fingerprint density at radius 3 is 2.39 bits per heavy atom. The Labute approximate surface area is 159 Å². The normalized spacial score (nSPS) is 22.2. The number of aromatic carboxylic acids is 1. The van der Waals surface area contributed by atoms with Gasteiger partial charge >= 0.3 is 5.97 Å². The molecule has 6 nitrogen and oxygen atoms in total. The van der Waals surface area contributed by atoms with E-state index >= 15 is 8.78 Å². The minimum atomic E-state index is -1.38. The number of carboxylic acid groups (broad SMARTS) is 1. The summed E-state index contributed by atoms with van der Waals surface area (Å²) >= 11 is 0. The molecule has 3 aliphatic rings. The van der Waals surface area contributed by atoms with Gasteiger partial charge in [0.2, 0.25) is 5.43 Å². The average Bonchev–Trinajstić information content (AvgIpc) is 3.55. The molecular weight excluding hydrogens is 368 g/mol. The number of hydrogen-bond donors (Lipinski definition) is 2. The zero-order valence-electron chi connectivity index (χ0n) is 15.3. The quantitative estimate of drug-likeness (QED) is 0.839. The van der Waals surface area contributed by atoms with Gasteiger partial charge in [-0.1, -0.05) is 0 Å². The summed E-state index contributed by atoms with van der Waals surface area (Å²) in [5.41, 5.74) is 4.80. The molecule has 1 aromatic carbocycles. The van der Waals surface area contributed by atoms with E-state index in [-0.39, 0.29) is 40.2 Å². The van der Waals surface area contributed by atoms with E-state index in [1.54, 1.807) is 9.47 Å². The van der Waals surface area contributed by atoms with Crippen LogP contribution in [0.5, 0.6) is 0 Å². The number of halogens is 2. The van der Waals surface area contributed by atoms with Crippen molar-refractivity contribution in [2.24, 2.45) is 5.73 Å². The van der Waals surface area contributed by atoms with Gasteiger partial charge in [-0.2, -0.15) is 0 Å². The fourth-order valence-electron chi connectivity index (χ4n) is 4.37. The number of carboxylic acids is 1. The maximum absolute atomic E-state index is 15.7. The number of rotatable bonds is 4. The Morgan fingerprint density at radius 1 is 1.14 bits per heavy atom. The molecule has 2 aromatic rings. The Kier molecular flexibility index (Phi) is 3.78.